The van der Waals surface area contributed by atoms with Gasteiger partial charge in [0.2, 0.25) is 0 Å². The molecule has 1 N–H and O–H groups in total. The van der Waals surface area contributed by atoms with Gasteiger partial charge in [0, 0.05) is 38.7 Å². The Hall–Kier alpha value is -0.720. The second kappa shape index (κ2) is 7.17. The zero-order valence-corrected chi connectivity index (χ0v) is 12.9. The quantitative estimate of drug-likeness (QED) is 0.844. The topological polar surface area (TPSA) is 52.5 Å². The van der Waals surface area contributed by atoms with Crippen molar-refractivity contribution in [2.45, 2.75) is 19.8 Å². The molecule has 0 radical (unpaired) electrons. The van der Waals surface area contributed by atoms with Crippen LogP contribution in [0.5, 0.6) is 0 Å². The Morgan fingerprint density at radius 1 is 1.26 bits per heavy atom. The molecule has 0 aliphatic carbocycles. The largest absolute Gasteiger partial charge is 0.395 e. The van der Waals surface area contributed by atoms with E-state index in [1.807, 2.05) is 6.07 Å². The molecule has 1 aliphatic rings. The van der Waals surface area contributed by atoms with E-state index in [9.17, 15) is 0 Å². The fraction of sp³-hybridized carbons (Fsp3) is 0.692. The number of hydrogen-bond acceptors (Lipinski definition) is 5. The van der Waals surface area contributed by atoms with E-state index in [0.29, 0.717) is 0 Å². The highest BCUT2D eigenvalue weighted by Gasteiger charge is 2.16. The molecular weight excluding hydrogens is 308 g/mol. The Morgan fingerprint density at radius 2 is 2.11 bits per heavy atom. The Bertz CT molecular complexity index is 416. The number of β-amino-alcohol motifs (C(OH)–C–C–N with tert-alkyl or cyclic N) is 1. The van der Waals surface area contributed by atoms with E-state index in [4.69, 9.17) is 5.11 Å². The number of aliphatic hydroxyl groups excluding tert-OH is 1. The molecule has 19 heavy (non-hydrogen) atoms. The van der Waals surface area contributed by atoms with Crippen LogP contribution in [0.15, 0.2) is 10.7 Å². The molecule has 1 aromatic rings. The molecule has 0 spiro atoms. The summed E-state index contributed by atoms with van der Waals surface area (Å²) in [5, 5.41) is 9.02. The van der Waals surface area contributed by atoms with Crippen molar-refractivity contribution in [3.63, 3.8) is 0 Å². The Labute approximate surface area is 122 Å². The molecule has 0 bridgehead atoms. The summed E-state index contributed by atoms with van der Waals surface area (Å²) in [7, 11) is 0. The average Bonchev–Trinajstić information content (AvgIpc) is 2.64. The monoisotopic (exact) mass is 328 g/mol. The number of nitrogens with zero attached hydrogens (tertiary/aromatic N) is 4. The van der Waals surface area contributed by atoms with Crippen molar-refractivity contribution in [2.24, 2.45) is 0 Å². The van der Waals surface area contributed by atoms with E-state index in [2.05, 4.69) is 42.6 Å². The zero-order chi connectivity index (χ0) is 13.7. The number of aliphatic hydroxyl groups is 1. The number of aryl methyl sites for hydroxylation is 1. The van der Waals surface area contributed by atoms with E-state index >= 15 is 0 Å². The normalized spacial score (nSPS) is 17.5. The van der Waals surface area contributed by atoms with Gasteiger partial charge in [0.05, 0.1) is 6.61 Å². The smallest absolute Gasteiger partial charge is 0.133 e. The van der Waals surface area contributed by atoms with Crippen LogP contribution < -0.4 is 4.90 Å². The van der Waals surface area contributed by atoms with E-state index in [0.717, 1.165) is 61.8 Å². The fourth-order valence-corrected chi connectivity index (χ4v) is 2.75. The highest BCUT2D eigenvalue weighted by Crippen LogP contribution is 2.18. The first-order valence-electron chi connectivity index (χ1n) is 6.84. The highest BCUT2D eigenvalue weighted by molar-refractivity contribution is 9.10. The van der Waals surface area contributed by atoms with Gasteiger partial charge in [-0.1, -0.05) is 6.92 Å². The summed E-state index contributed by atoms with van der Waals surface area (Å²) in [6.07, 6.45) is 1.94. The minimum absolute atomic E-state index is 0.235. The minimum Gasteiger partial charge on any atom is -0.395 e. The Kier molecular flexibility index (Phi) is 5.54. The van der Waals surface area contributed by atoms with Gasteiger partial charge in [-0.3, -0.25) is 4.90 Å². The van der Waals surface area contributed by atoms with E-state index in [1.54, 1.807) is 0 Å². The molecule has 5 nitrogen and oxygen atoms in total. The van der Waals surface area contributed by atoms with Crippen LogP contribution in [-0.2, 0) is 6.42 Å². The van der Waals surface area contributed by atoms with Crippen molar-refractivity contribution in [3.05, 3.63) is 16.5 Å². The number of halogens is 1. The molecule has 1 aromatic heterocycles. The van der Waals surface area contributed by atoms with Crippen LogP contribution >= 0.6 is 15.9 Å². The van der Waals surface area contributed by atoms with Gasteiger partial charge in [-0.2, -0.15) is 0 Å². The van der Waals surface area contributed by atoms with Crippen molar-refractivity contribution in [1.29, 1.82) is 0 Å². The lowest BCUT2D eigenvalue weighted by molar-refractivity contribution is 0.204. The molecule has 0 saturated carbocycles. The number of hydrogen-bond donors (Lipinski definition) is 1. The van der Waals surface area contributed by atoms with E-state index < -0.39 is 0 Å². The lowest BCUT2D eigenvalue weighted by Crippen LogP contribution is -2.32. The van der Waals surface area contributed by atoms with Crippen molar-refractivity contribution >= 4 is 21.7 Å². The van der Waals surface area contributed by atoms with Crippen molar-refractivity contribution in [3.8, 4) is 0 Å². The summed E-state index contributed by atoms with van der Waals surface area (Å²) >= 11 is 3.46. The first-order chi connectivity index (χ1) is 9.22. The summed E-state index contributed by atoms with van der Waals surface area (Å²) in [5.74, 6) is 1.88. The van der Waals surface area contributed by atoms with Crippen LogP contribution in [0.25, 0.3) is 0 Å². The fourth-order valence-electron chi connectivity index (χ4n) is 2.34. The third-order valence-electron chi connectivity index (χ3n) is 3.37. The van der Waals surface area contributed by atoms with Crippen LogP contribution in [-0.4, -0.2) is 59.3 Å². The standard InChI is InChI=1S/C13H21BrN4O/c1-2-12-15-11(14)10-13(16-12)18-5-3-4-17(6-7-18)8-9-19/h10,19H,2-9H2,1H3. The van der Waals surface area contributed by atoms with Crippen LogP contribution in [0.4, 0.5) is 5.82 Å². The molecule has 106 valence electrons. The molecule has 1 fully saturated rings. The van der Waals surface area contributed by atoms with E-state index in [1.165, 1.54) is 0 Å². The minimum atomic E-state index is 0.235. The third-order valence-corrected chi connectivity index (χ3v) is 3.78. The van der Waals surface area contributed by atoms with Crippen LogP contribution in [0.1, 0.15) is 19.2 Å². The van der Waals surface area contributed by atoms with Gasteiger partial charge in [0.15, 0.2) is 0 Å². The SMILES string of the molecule is CCc1nc(Br)cc(N2CCCN(CCO)CC2)n1. The van der Waals surface area contributed by atoms with Crippen LogP contribution in [0, 0.1) is 0 Å². The molecule has 1 saturated heterocycles. The molecule has 0 aromatic carbocycles. The maximum absolute atomic E-state index is 9.02. The molecular formula is C13H21BrN4O. The van der Waals surface area contributed by atoms with Gasteiger partial charge in [-0.25, -0.2) is 9.97 Å². The zero-order valence-electron chi connectivity index (χ0n) is 11.3. The lowest BCUT2D eigenvalue weighted by atomic mass is 10.3. The predicted octanol–water partition coefficient (Wildman–Crippen LogP) is 1.31. The predicted molar refractivity (Wildman–Crippen MR) is 79.5 cm³/mol. The summed E-state index contributed by atoms with van der Waals surface area (Å²) in [5.41, 5.74) is 0. The molecule has 0 amide bonds. The van der Waals surface area contributed by atoms with Crippen molar-refractivity contribution in [2.75, 3.05) is 44.2 Å². The number of aromatic nitrogens is 2. The van der Waals surface area contributed by atoms with Gasteiger partial charge in [-0.15, -0.1) is 0 Å². The maximum Gasteiger partial charge on any atom is 0.133 e. The highest BCUT2D eigenvalue weighted by atomic mass is 79.9. The van der Waals surface area contributed by atoms with Gasteiger partial charge >= 0.3 is 0 Å². The second-order valence-corrected chi connectivity index (χ2v) is 5.54. The van der Waals surface area contributed by atoms with Crippen LogP contribution in [0.2, 0.25) is 0 Å². The summed E-state index contributed by atoms with van der Waals surface area (Å²) in [6.45, 7) is 7.05. The molecule has 2 heterocycles. The average molecular weight is 329 g/mol. The lowest BCUT2D eigenvalue weighted by Gasteiger charge is -2.22. The third kappa shape index (κ3) is 4.12. The summed E-state index contributed by atoms with van der Waals surface area (Å²) in [6, 6.07) is 1.99. The van der Waals surface area contributed by atoms with Gasteiger partial charge in [0.1, 0.15) is 16.2 Å². The van der Waals surface area contributed by atoms with E-state index in [-0.39, 0.29) is 6.61 Å². The molecule has 0 unspecified atom stereocenters. The maximum atomic E-state index is 9.02. The summed E-state index contributed by atoms with van der Waals surface area (Å²) < 4.78 is 0.853. The molecule has 6 heteroatoms. The first kappa shape index (κ1) is 14.7. The Balaban J connectivity index is 2.07. The van der Waals surface area contributed by atoms with Crippen LogP contribution in [0.3, 0.4) is 0 Å². The Morgan fingerprint density at radius 3 is 2.84 bits per heavy atom. The van der Waals surface area contributed by atoms with Gasteiger partial charge < -0.3 is 10.0 Å². The first-order valence-corrected chi connectivity index (χ1v) is 7.64. The molecule has 2 rings (SSSR count). The van der Waals surface area contributed by atoms with Gasteiger partial charge in [0.25, 0.3) is 0 Å². The summed E-state index contributed by atoms with van der Waals surface area (Å²) in [4.78, 5) is 13.6. The molecule has 0 atom stereocenters. The van der Waals surface area contributed by atoms with Crippen molar-refractivity contribution in [1.82, 2.24) is 14.9 Å². The van der Waals surface area contributed by atoms with Gasteiger partial charge in [-0.05, 0) is 28.9 Å². The second-order valence-electron chi connectivity index (χ2n) is 4.72. The number of rotatable bonds is 4. The molecule has 1 aliphatic heterocycles. The van der Waals surface area contributed by atoms with Crippen molar-refractivity contribution < 1.29 is 5.11 Å². The number of anilines is 1.